The number of nitrogens with one attached hydrogen (secondary N) is 1. The number of carboxylic acids is 1. The maximum absolute atomic E-state index is 12.2. The standard InChI is InChI=1S/C17H21NO3/c1-17(2)10-9-14(11-17)18-16(21)13-6-3-12(4-7-13)5-8-15(19)20/h3-8,14H,9-11H2,1-2H3,(H,18,21)(H,19,20)/b8-5+. The van der Waals surface area contributed by atoms with Crippen LogP contribution < -0.4 is 5.32 Å². The SMILES string of the molecule is CC1(C)CCC(NC(=O)c2ccc(/C=C/C(=O)O)cc2)C1. The largest absolute Gasteiger partial charge is 0.478 e. The molecule has 0 aromatic heterocycles. The molecule has 1 fully saturated rings. The van der Waals surface area contributed by atoms with Gasteiger partial charge in [0.05, 0.1) is 0 Å². The minimum atomic E-state index is -0.985. The molecule has 2 N–H and O–H groups in total. The number of hydrogen-bond donors (Lipinski definition) is 2. The maximum atomic E-state index is 12.2. The number of benzene rings is 1. The van der Waals surface area contributed by atoms with Crippen molar-refractivity contribution in [2.75, 3.05) is 0 Å². The fourth-order valence-corrected chi connectivity index (χ4v) is 2.74. The smallest absolute Gasteiger partial charge is 0.328 e. The summed E-state index contributed by atoms with van der Waals surface area (Å²) in [5.74, 6) is -1.05. The number of carbonyl (C=O) groups excluding carboxylic acids is 1. The summed E-state index contributed by atoms with van der Waals surface area (Å²) in [5, 5.41) is 11.6. The highest BCUT2D eigenvalue weighted by atomic mass is 16.4. The second-order valence-electron chi connectivity index (χ2n) is 6.37. The van der Waals surface area contributed by atoms with Crippen molar-refractivity contribution in [3.05, 3.63) is 41.5 Å². The van der Waals surface area contributed by atoms with Crippen LogP contribution in [0.1, 0.15) is 49.0 Å². The van der Waals surface area contributed by atoms with E-state index in [1.165, 1.54) is 6.08 Å². The number of hydrogen-bond acceptors (Lipinski definition) is 2. The van der Waals surface area contributed by atoms with Crippen molar-refractivity contribution in [1.82, 2.24) is 5.32 Å². The van der Waals surface area contributed by atoms with E-state index in [1.807, 2.05) is 0 Å². The molecule has 4 nitrogen and oxygen atoms in total. The molecule has 1 aromatic carbocycles. The molecule has 21 heavy (non-hydrogen) atoms. The molecule has 1 saturated carbocycles. The number of carboxylic acid groups (broad SMARTS) is 1. The van der Waals surface area contributed by atoms with E-state index in [-0.39, 0.29) is 11.9 Å². The average Bonchev–Trinajstić information content (AvgIpc) is 2.76. The van der Waals surface area contributed by atoms with E-state index in [9.17, 15) is 9.59 Å². The Kier molecular flexibility index (Phi) is 4.46. The van der Waals surface area contributed by atoms with Crippen molar-refractivity contribution in [1.29, 1.82) is 0 Å². The summed E-state index contributed by atoms with van der Waals surface area (Å²) < 4.78 is 0. The first-order valence-electron chi connectivity index (χ1n) is 7.18. The fraction of sp³-hybridized carbons (Fsp3) is 0.412. The number of rotatable bonds is 4. The summed E-state index contributed by atoms with van der Waals surface area (Å²) in [6.07, 6.45) is 5.76. The van der Waals surface area contributed by atoms with Crippen molar-refractivity contribution in [2.24, 2.45) is 5.41 Å². The molecule has 0 saturated heterocycles. The normalized spacial score (nSPS) is 20.6. The highest BCUT2D eigenvalue weighted by Gasteiger charge is 2.31. The van der Waals surface area contributed by atoms with Gasteiger partial charge in [-0.3, -0.25) is 4.79 Å². The third-order valence-electron chi connectivity index (χ3n) is 3.90. The van der Waals surface area contributed by atoms with Gasteiger partial charge in [0.25, 0.3) is 5.91 Å². The van der Waals surface area contributed by atoms with Crippen LogP contribution in [0.2, 0.25) is 0 Å². The third-order valence-corrected chi connectivity index (χ3v) is 3.90. The Hall–Kier alpha value is -2.10. The average molecular weight is 287 g/mol. The first kappa shape index (κ1) is 15.3. The van der Waals surface area contributed by atoms with Crippen LogP contribution in [-0.4, -0.2) is 23.0 Å². The van der Waals surface area contributed by atoms with Crippen molar-refractivity contribution < 1.29 is 14.7 Å². The van der Waals surface area contributed by atoms with Gasteiger partial charge in [-0.05, 0) is 48.4 Å². The predicted octanol–water partition coefficient (Wildman–Crippen LogP) is 3.09. The van der Waals surface area contributed by atoms with Gasteiger partial charge >= 0.3 is 5.97 Å². The monoisotopic (exact) mass is 287 g/mol. The fourth-order valence-electron chi connectivity index (χ4n) is 2.74. The molecule has 0 radical (unpaired) electrons. The summed E-state index contributed by atoms with van der Waals surface area (Å²) in [6, 6.07) is 7.17. The molecule has 0 bridgehead atoms. The molecule has 0 heterocycles. The van der Waals surface area contributed by atoms with Crippen LogP contribution in [0.15, 0.2) is 30.3 Å². The molecule has 1 unspecified atom stereocenters. The molecule has 1 atom stereocenters. The summed E-state index contributed by atoms with van der Waals surface area (Å²) >= 11 is 0. The molecule has 2 rings (SSSR count). The molecule has 1 aliphatic carbocycles. The van der Waals surface area contributed by atoms with E-state index in [4.69, 9.17) is 5.11 Å². The number of amides is 1. The van der Waals surface area contributed by atoms with E-state index in [0.29, 0.717) is 11.0 Å². The summed E-state index contributed by atoms with van der Waals surface area (Å²) in [4.78, 5) is 22.6. The lowest BCUT2D eigenvalue weighted by molar-refractivity contribution is -0.131. The Bertz CT molecular complexity index is 558. The van der Waals surface area contributed by atoms with E-state index < -0.39 is 5.97 Å². The Labute approximate surface area is 124 Å². The molecule has 112 valence electrons. The Morgan fingerprint density at radius 2 is 1.95 bits per heavy atom. The minimum Gasteiger partial charge on any atom is -0.478 e. The van der Waals surface area contributed by atoms with Gasteiger partial charge in [0.15, 0.2) is 0 Å². The van der Waals surface area contributed by atoms with Gasteiger partial charge in [-0.25, -0.2) is 4.79 Å². The Morgan fingerprint density at radius 1 is 1.29 bits per heavy atom. The van der Waals surface area contributed by atoms with Gasteiger partial charge in [0.1, 0.15) is 0 Å². The van der Waals surface area contributed by atoms with E-state index in [2.05, 4.69) is 19.2 Å². The Balaban J connectivity index is 1.96. The maximum Gasteiger partial charge on any atom is 0.328 e. The van der Waals surface area contributed by atoms with E-state index in [0.717, 1.165) is 30.9 Å². The van der Waals surface area contributed by atoms with Crippen LogP contribution >= 0.6 is 0 Å². The molecule has 0 aliphatic heterocycles. The minimum absolute atomic E-state index is 0.0635. The molecule has 1 aromatic rings. The number of carbonyl (C=O) groups is 2. The lowest BCUT2D eigenvalue weighted by atomic mass is 9.92. The van der Waals surface area contributed by atoms with Gasteiger partial charge in [0, 0.05) is 17.7 Å². The second-order valence-corrected chi connectivity index (χ2v) is 6.37. The van der Waals surface area contributed by atoms with Crippen LogP contribution in [0.3, 0.4) is 0 Å². The Morgan fingerprint density at radius 3 is 2.48 bits per heavy atom. The van der Waals surface area contributed by atoms with Gasteiger partial charge in [0.2, 0.25) is 0 Å². The zero-order chi connectivity index (χ0) is 15.5. The van der Waals surface area contributed by atoms with Gasteiger partial charge in [-0.15, -0.1) is 0 Å². The highest BCUT2D eigenvalue weighted by molar-refractivity contribution is 5.94. The topological polar surface area (TPSA) is 66.4 Å². The van der Waals surface area contributed by atoms with Crippen LogP contribution in [0.4, 0.5) is 0 Å². The second kappa shape index (κ2) is 6.12. The van der Waals surface area contributed by atoms with Crippen LogP contribution in [0.5, 0.6) is 0 Å². The number of aliphatic carboxylic acids is 1. The first-order valence-corrected chi connectivity index (χ1v) is 7.18. The van der Waals surface area contributed by atoms with Crippen molar-refractivity contribution in [3.8, 4) is 0 Å². The first-order chi connectivity index (χ1) is 9.85. The summed E-state index contributed by atoms with van der Waals surface area (Å²) in [7, 11) is 0. The molecule has 4 heteroatoms. The van der Waals surface area contributed by atoms with E-state index in [1.54, 1.807) is 24.3 Å². The molecule has 0 spiro atoms. The lowest BCUT2D eigenvalue weighted by Gasteiger charge is -2.17. The van der Waals surface area contributed by atoms with Crippen LogP contribution in [-0.2, 0) is 4.79 Å². The van der Waals surface area contributed by atoms with Crippen LogP contribution in [0, 0.1) is 5.41 Å². The van der Waals surface area contributed by atoms with Gasteiger partial charge in [-0.2, -0.15) is 0 Å². The molecular weight excluding hydrogens is 266 g/mol. The predicted molar refractivity (Wildman–Crippen MR) is 82.0 cm³/mol. The van der Waals surface area contributed by atoms with Crippen molar-refractivity contribution in [3.63, 3.8) is 0 Å². The summed E-state index contributed by atoms with van der Waals surface area (Å²) in [5.41, 5.74) is 1.67. The van der Waals surface area contributed by atoms with Crippen molar-refractivity contribution >= 4 is 18.0 Å². The molecule has 1 aliphatic rings. The quantitative estimate of drug-likeness (QED) is 0.836. The zero-order valence-electron chi connectivity index (χ0n) is 12.4. The molecular formula is C17H21NO3. The van der Waals surface area contributed by atoms with Gasteiger partial charge < -0.3 is 10.4 Å². The zero-order valence-corrected chi connectivity index (χ0v) is 12.4. The lowest BCUT2D eigenvalue weighted by Crippen LogP contribution is -2.33. The third kappa shape index (κ3) is 4.45. The van der Waals surface area contributed by atoms with Gasteiger partial charge in [-0.1, -0.05) is 26.0 Å². The van der Waals surface area contributed by atoms with Crippen molar-refractivity contribution in [2.45, 2.75) is 39.2 Å². The highest BCUT2D eigenvalue weighted by Crippen LogP contribution is 2.36. The van der Waals surface area contributed by atoms with Crippen LogP contribution in [0.25, 0.3) is 6.08 Å². The summed E-state index contributed by atoms with van der Waals surface area (Å²) in [6.45, 7) is 4.45. The van der Waals surface area contributed by atoms with E-state index >= 15 is 0 Å². The molecule has 1 amide bonds.